The Morgan fingerprint density at radius 3 is 2.50 bits per heavy atom. The fraction of sp³-hybridized carbons (Fsp3) is 0.500. The first-order valence-electron chi connectivity index (χ1n) is 5.58. The van der Waals surface area contributed by atoms with Gasteiger partial charge in [-0.1, -0.05) is 20.8 Å². The minimum absolute atomic E-state index is 0.281. The number of carbonyl (C=O) groups excluding carboxylic acids is 1. The van der Waals surface area contributed by atoms with E-state index >= 15 is 0 Å². The van der Waals surface area contributed by atoms with E-state index in [0.29, 0.717) is 0 Å². The second-order valence-corrected chi connectivity index (χ2v) is 5.24. The average molecular weight is 220 g/mol. The predicted octanol–water partition coefficient (Wildman–Crippen LogP) is 3.49. The van der Waals surface area contributed by atoms with Crippen LogP contribution in [0.4, 0.5) is 0 Å². The zero-order chi connectivity index (χ0) is 12.2. The van der Waals surface area contributed by atoms with E-state index in [2.05, 4.69) is 20.8 Å². The van der Waals surface area contributed by atoms with E-state index < -0.39 is 0 Å². The van der Waals surface area contributed by atoms with Crippen LogP contribution in [0.1, 0.15) is 43.1 Å². The summed E-state index contributed by atoms with van der Waals surface area (Å²) in [6.07, 6.45) is 2.88. The number of hydrogen-bond acceptors (Lipinski definition) is 2. The molecule has 0 saturated heterocycles. The molecule has 0 aliphatic rings. The molecule has 1 rings (SSSR count). The monoisotopic (exact) mass is 220 g/mol. The average Bonchev–Trinajstić information content (AvgIpc) is 2.25. The molecule has 1 aromatic rings. The van der Waals surface area contributed by atoms with E-state index in [0.717, 1.165) is 36.0 Å². The molecular weight excluding hydrogens is 200 g/mol. The van der Waals surface area contributed by atoms with Gasteiger partial charge in [0.1, 0.15) is 12.0 Å². The summed E-state index contributed by atoms with van der Waals surface area (Å²) in [5.74, 6) is 0.814. The summed E-state index contributed by atoms with van der Waals surface area (Å²) in [7, 11) is 1.64. The number of benzene rings is 1. The lowest BCUT2D eigenvalue weighted by Gasteiger charge is -2.18. The molecule has 0 spiro atoms. The van der Waals surface area contributed by atoms with Gasteiger partial charge in [-0.25, -0.2) is 0 Å². The van der Waals surface area contributed by atoms with Crippen molar-refractivity contribution >= 4 is 6.29 Å². The fourth-order valence-corrected chi connectivity index (χ4v) is 1.55. The molecule has 0 aliphatic carbocycles. The van der Waals surface area contributed by atoms with Crippen molar-refractivity contribution in [3.63, 3.8) is 0 Å². The Labute approximate surface area is 97.6 Å². The molecule has 2 heteroatoms. The third-order valence-corrected chi connectivity index (χ3v) is 2.62. The smallest absolute Gasteiger partial charge is 0.150 e. The first-order valence-corrected chi connectivity index (χ1v) is 5.58. The molecule has 88 valence electrons. The van der Waals surface area contributed by atoms with E-state index in [1.54, 1.807) is 7.11 Å². The Bertz CT molecular complexity index is 361. The summed E-state index contributed by atoms with van der Waals surface area (Å²) in [6, 6.07) is 5.60. The lowest BCUT2D eigenvalue weighted by molar-refractivity contribution is 0.112. The van der Waals surface area contributed by atoms with Gasteiger partial charge < -0.3 is 4.74 Å². The van der Waals surface area contributed by atoms with Gasteiger partial charge in [0, 0.05) is 5.56 Å². The minimum atomic E-state index is 0.281. The largest absolute Gasteiger partial charge is 0.497 e. The Hall–Kier alpha value is -1.31. The molecule has 0 atom stereocenters. The van der Waals surface area contributed by atoms with Crippen molar-refractivity contribution in [3.05, 3.63) is 29.3 Å². The highest BCUT2D eigenvalue weighted by atomic mass is 16.5. The van der Waals surface area contributed by atoms with Gasteiger partial charge in [0.15, 0.2) is 0 Å². The third-order valence-electron chi connectivity index (χ3n) is 2.62. The molecule has 2 nitrogen and oxygen atoms in total. The number of rotatable bonds is 4. The lowest BCUT2D eigenvalue weighted by atomic mass is 9.87. The van der Waals surface area contributed by atoms with Crippen molar-refractivity contribution in [1.82, 2.24) is 0 Å². The topological polar surface area (TPSA) is 26.3 Å². The fourth-order valence-electron chi connectivity index (χ4n) is 1.55. The van der Waals surface area contributed by atoms with E-state index in [9.17, 15) is 4.79 Å². The van der Waals surface area contributed by atoms with Crippen LogP contribution < -0.4 is 4.74 Å². The number of methoxy groups -OCH3 is 1. The molecule has 0 amide bonds. The summed E-state index contributed by atoms with van der Waals surface area (Å²) < 4.78 is 5.17. The van der Waals surface area contributed by atoms with Crippen LogP contribution in [0.15, 0.2) is 18.2 Å². The molecule has 0 saturated carbocycles. The van der Waals surface area contributed by atoms with Gasteiger partial charge in [-0.05, 0) is 42.0 Å². The van der Waals surface area contributed by atoms with Crippen LogP contribution in [0.3, 0.4) is 0 Å². The van der Waals surface area contributed by atoms with Crippen LogP contribution in [0.25, 0.3) is 0 Å². The van der Waals surface area contributed by atoms with Crippen molar-refractivity contribution in [2.24, 2.45) is 5.41 Å². The summed E-state index contributed by atoms with van der Waals surface area (Å²) >= 11 is 0. The second-order valence-electron chi connectivity index (χ2n) is 5.24. The summed E-state index contributed by atoms with van der Waals surface area (Å²) in [5, 5.41) is 0. The third kappa shape index (κ3) is 3.69. The van der Waals surface area contributed by atoms with Crippen molar-refractivity contribution in [2.45, 2.75) is 33.6 Å². The Morgan fingerprint density at radius 2 is 2.00 bits per heavy atom. The van der Waals surface area contributed by atoms with Crippen LogP contribution >= 0.6 is 0 Å². The van der Waals surface area contributed by atoms with Crippen LogP contribution in [0, 0.1) is 5.41 Å². The molecule has 0 radical (unpaired) electrons. The number of aldehydes is 1. The maximum atomic E-state index is 10.9. The highest BCUT2D eigenvalue weighted by molar-refractivity contribution is 5.77. The number of hydrogen-bond donors (Lipinski definition) is 0. The summed E-state index contributed by atoms with van der Waals surface area (Å²) in [4.78, 5) is 10.9. The van der Waals surface area contributed by atoms with Crippen LogP contribution in [-0.4, -0.2) is 13.4 Å². The first kappa shape index (κ1) is 12.8. The number of ether oxygens (including phenoxy) is 1. The standard InChI is InChI=1S/C14H20O2/c1-14(2,3)8-7-11-9-13(16-4)6-5-12(11)10-15/h5-6,9-10H,7-8H2,1-4H3. The Kier molecular flexibility index (Phi) is 4.11. The molecule has 0 aromatic heterocycles. The summed E-state index contributed by atoms with van der Waals surface area (Å²) in [6.45, 7) is 6.61. The maximum absolute atomic E-state index is 10.9. The Balaban J connectivity index is 2.87. The highest BCUT2D eigenvalue weighted by Gasteiger charge is 2.12. The zero-order valence-electron chi connectivity index (χ0n) is 10.5. The zero-order valence-corrected chi connectivity index (χ0v) is 10.5. The highest BCUT2D eigenvalue weighted by Crippen LogP contribution is 2.24. The van der Waals surface area contributed by atoms with Gasteiger partial charge in [-0.15, -0.1) is 0 Å². The quantitative estimate of drug-likeness (QED) is 0.726. The van der Waals surface area contributed by atoms with Gasteiger partial charge >= 0.3 is 0 Å². The lowest BCUT2D eigenvalue weighted by Crippen LogP contribution is -2.07. The molecule has 0 bridgehead atoms. The second kappa shape index (κ2) is 5.15. The predicted molar refractivity (Wildman–Crippen MR) is 66.2 cm³/mol. The molecule has 16 heavy (non-hydrogen) atoms. The van der Waals surface area contributed by atoms with Gasteiger partial charge in [-0.3, -0.25) is 4.79 Å². The molecule has 0 heterocycles. The van der Waals surface area contributed by atoms with Crippen molar-refractivity contribution < 1.29 is 9.53 Å². The van der Waals surface area contributed by atoms with Gasteiger partial charge in [0.25, 0.3) is 0 Å². The SMILES string of the molecule is COc1ccc(C=O)c(CCC(C)(C)C)c1. The van der Waals surface area contributed by atoms with E-state index in [1.165, 1.54) is 0 Å². The van der Waals surface area contributed by atoms with E-state index in [4.69, 9.17) is 4.74 Å². The van der Waals surface area contributed by atoms with Crippen LogP contribution in [0.5, 0.6) is 5.75 Å². The maximum Gasteiger partial charge on any atom is 0.150 e. The molecule has 0 fully saturated rings. The minimum Gasteiger partial charge on any atom is -0.497 e. The van der Waals surface area contributed by atoms with E-state index in [-0.39, 0.29) is 5.41 Å². The molecule has 1 aromatic carbocycles. The number of aryl methyl sites for hydroxylation is 1. The van der Waals surface area contributed by atoms with Gasteiger partial charge in [0.05, 0.1) is 7.11 Å². The molecule has 0 aliphatic heterocycles. The van der Waals surface area contributed by atoms with Crippen molar-refractivity contribution in [2.75, 3.05) is 7.11 Å². The van der Waals surface area contributed by atoms with Gasteiger partial charge in [0.2, 0.25) is 0 Å². The van der Waals surface area contributed by atoms with Crippen LogP contribution in [-0.2, 0) is 6.42 Å². The molecule has 0 unspecified atom stereocenters. The molecule has 0 N–H and O–H groups in total. The first-order chi connectivity index (χ1) is 7.46. The number of carbonyl (C=O) groups is 1. The Morgan fingerprint density at radius 1 is 1.31 bits per heavy atom. The van der Waals surface area contributed by atoms with Crippen molar-refractivity contribution in [1.29, 1.82) is 0 Å². The van der Waals surface area contributed by atoms with Crippen molar-refractivity contribution in [3.8, 4) is 5.75 Å². The summed E-state index contributed by atoms with van der Waals surface area (Å²) in [5.41, 5.74) is 2.12. The van der Waals surface area contributed by atoms with Gasteiger partial charge in [-0.2, -0.15) is 0 Å². The van der Waals surface area contributed by atoms with E-state index in [1.807, 2.05) is 18.2 Å². The molecular formula is C14H20O2. The normalized spacial score (nSPS) is 11.2. The van der Waals surface area contributed by atoms with Crippen LogP contribution in [0.2, 0.25) is 0 Å².